The van der Waals surface area contributed by atoms with Crippen molar-refractivity contribution >= 4 is 5.91 Å². The predicted octanol–water partition coefficient (Wildman–Crippen LogP) is 1.62. The third kappa shape index (κ3) is 3.82. The number of piperidine rings is 1. The van der Waals surface area contributed by atoms with Crippen molar-refractivity contribution in [3.05, 3.63) is 0 Å². The molecule has 1 amide bonds. The van der Waals surface area contributed by atoms with Gasteiger partial charge in [0.05, 0.1) is 0 Å². The molecule has 88 valence electrons. The molecule has 2 N–H and O–H groups in total. The summed E-state index contributed by atoms with van der Waals surface area (Å²) in [4.78, 5) is 13.9. The largest absolute Gasteiger partial charge is 0.342 e. The highest BCUT2D eigenvalue weighted by molar-refractivity contribution is 5.76. The number of carbonyl (C=O) groups is 1. The van der Waals surface area contributed by atoms with Crippen molar-refractivity contribution in [2.75, 3.05) is 13.1 Å². The smallest absolute Gasteiger partial charge is 0.222 e. The van der Waals surface area contributed by atoms with E-state index in [1.807, 2.05) is 11.8 Å². The molecule has 2 atom stereocenters. The Morgan fingerprint density at radius 2 is 2.13 bits per heavy atom. The van der Waals surface area contributed by atoms with Gasteiger partial charge < -0.3 is 10.6 Å². The molecule has 1 rings (SSSR count). The lowest BCUT2D eigenvalue weighted by molar-refractivity contribution is -0.133. The average Bonchev–Trinajstić information content (AvgIpc) is 2.17. The number of amides is 1. The maximum Gasteiger partial charge on any atom is 0.222 e. The molecule has 1 aliphatic heterocycles. The van der Waals surface area contributed by atoms with Crippen molar-refractivity contribution in [3.63, 3.8) is 0 Å². The van der Waals surface area contributed by atoms with Crippen molar-refractivity contribution in [2.24, 2.45) is 17.6 Å². The predicted molar refractivity (Wildman–Crippen MR) is 62.4 cm³/mol. The van der Waals surface area contributed by atoms with Crippen molar-refractivity contribution in [1.82, 2.24) is 4.90 Å². The van der Waals surface area contributed by atoms with Crippen LogP contribution in [0.3, 0.4) is 0 Å². The summed E-state index contributed by atoms with van der Waals surface area (Å²) >= 11 is 0. The zero-order valence-electron chi connectivity index (χ0n) is 10.2. The van der Waals surface area contributed by atoms with Gasteiger partial charge in [-0.25, -0.2) is 0 Å². The van der Waals surface area contributed by atoms with Crippen LogP contribution in [0.1, 0.15) is 40.0 Å². The number of rotatable bonds is 3. The quantitative estimate of drug-likeness (QED) is 0.772. The molecule has 3 heteroatoms. The molecule has 1 heterocycles. The van der Waals surface area contributed by atoms with E-state index in [4.69, 9.17) is 5.73 Å². The van der Waals surface area contributed by atoms with Gasteiger partial charge >= 0.3 is 0 Å². The van der Waals surface area contributed by atoms with Crippen LogP contribution in [0.25, 0.3) is 0 Å². The summed E-state index contributed by atoms with van der Waals surface area (Å²) in [5.41, 5.74) is 5.89. The zero-order valence-corrected chi connectivity index (χ0v) is 10.2. The Balaban J connectivity index is 2.45. The molecule has 1 aliphatic rings. The third-order valence-electron chi connectivity index (χ3n) is 3.14. The van der Waals surface area contributed by atoms with E-state index in [2.05, 4.69) is 13.8 Å². The number of nitrogens with zero attached hydrogens (tertiary/aromatic N) is 1. The van der Waals surface area contributed by atoms with Crippen LogP contribution in [0.2, 0.25) is 0 Å². The Kier molecular flexibility index (Phi) is 4.58. The fourth-order valence-corrected chi connectivity index (χ4v) is 2.14. The Bertz CT molecular complexity index is 214. The standard InChI is InChI=1S/C12H24N2O/c1-9(2)7-12(15)14-6-4-5-11(8-14)10(3)13/h9-11H,4-8,13H2,1-3H3. The molecule has 0 aromatic carbocycles. The molecular formula is C12H24N2O. The fourth-order valence-electron chi connectivity index (χ4n) is 2.14. The molecule has 15 heavy (non-hydrogen) atoms. The first kappa shape index (κ1) is 12.5. The number of nitrogens with two attached hydrogens (primary N) is 1. The van der Waals surface area contributed by atoms with E-state index in [1.165, 1.54) is 6.42 Å². The van der Waals surface area contributed by atoms with Gasteiger partial charge in [0.25, 0.3) is 0 Å². The highest BCUT2D eigenvalue weighted by Crippen LogP contribution is 2.20. The van der Waals surface area contributed by atoms with Crippen LogP contribution in [0, 0.1) is 11.8 Å². The molecular weight excluding hydrogens is 188 g/mol. The maximum absolute atomic E-state index is 11.9. The molecule has 0 radical (unpaired) electrons. The highest BCUT2D eigenvalue weighted by Gasteiger charge is 2.25. The number of hydrogen-bond acceptors (Lipinski definition) is 2. The summed E-state index contributed by atoms with van der Waals surface area (Å²) in [5, 5.41) is 0. The van der Waals surface area contributed by atoms with Gasteiger partial charge in [-0.05, 0) is 31.6 Å². The third-order valence-corrected chi connectivity index (χ3v) is 3.14. The summed E-state index contributed by atoms with van der Waals surface area (Å²) < 4.78 is 0. The summed E-state index contributed by atoms with van der Waals surface area (Å²) in [6, 6.07) is 0.208. The van der Waals surface area contributed by atoms with Gasteiger partial charge in [-0.15, -0.1) is 0 Å². The second kappa shape index (κ2) is 5.50. The van der Waals surface area contributed by atoms with Crippen molar-refractivity contribution in [3.8, 4) is 0 Å². The Morgan fingerprint density at radius 1 is 1.47 bits per heavy atom. The van der Waals surface area contributed by atoms with E-state index in [-0.39, 0.29) is 6.04 Å². The second-order valence-corrected chi connectivity index (χ2v) is 5.20. The average molecular weight is 212 g/mol. The molecule has 3 nitrogen and oxygen atoms in total. The normalized spacial score (nSPS) is 24.3. The van der Waals surface area contributed by atoms with E-state index in [9.17, 15) is 4.79 Å². The van der Waals surface area contributed by atoms with Crippen molar-refractivity contribution < 1.29 is 4.79 Å². The maximum atomic E-state index is 11.9. The van der Waals surface area contributed by atoms with E-state index in [0.717, 1.165) is 19.5 Å². The van der Waals surface area contributed by atoms with Gasteiger partial charge in [0.15, 0.2) is 0 Å². The lowest BCUT2D eigenvalue weighted by Crippen LogP contribution is -2.45. The SMILES string of the molecule is CC(C)CC(=O)N1CCCC(C(C)N)C1. The number of carbonyl (C=O) groups excluding carboxylic acids is 1. The highest BCUT2D eigenvalue weighted by atomic mass is 16.2. The first-order valence-electron chi connectivity index (χ1n) is 6.04. The van der Waals surface area contributed by atoms with Gasteiger partial charge in [-0.3, -0.25) is 4.79 Å². The Morgan fingerprint density at radius 3 is 2.67 bits per heavy atom. The first-order valence-corrected chi connectivity index (χ1v) is 6.04. The molecule has 0 aromatic heterocycles. The molecule has 0 saturated carbocycles. The van der Waals surface area contributed by atoms with Gasteiger partial charge in [0.2, 0.25) is 5.91 Å². The lowest BCUT2D eigenvalue weighted by atomic mass is 9.92. The van der Waals surface area contributed by atoms with E-state index < -0.39 is 0 Å². The van der Waals surface area contributed by atoms with Gasteiger partial charge in [-0.2, -0.15) is 0 Å². The van der Waals surface area contributed by atoms with Crippen LogP contribution in [0.15, 0.2) is 0 Å². The van der Waals surface area contributed by atoms with Crippen LogP contribution in [0.5, 0.6) is 0 Å². The molecule has 1 saturated heterocycles. The summed E-state index contributed by atoms with van der Waals surface area (Å²) in [6.07, 6.45) is 2.95. The van der Waals surface area contributed by atoms with Crippen molar-refractivity contribution in [1.29, 1.82) is 0 Å². The fraction of sp³-hybridized carbons (Fsp3) is 0.917. The molecule has 0 bridgehead atoms. The molecule has 0 aromatic rings. The number of hydrogen-bond donors (Lipinski definition) is 1. The second-order valence-electron chi connectivity index (χ2n) is 5.20. The molecule has 0 spiro atoms. The van der Waals surface area contributed by atoms with Crippen LogP contribution < -0.4 is 5.73 Å². The van der Waals surface area contributed by atoms with E-state index in [1.54, 1.807) is 0 Å². The molecule has 1 fully saturated rings. The first-order chi connectivity index (χ1) is 7.00. The zero-order chi connectivity index (χ0) is 11.4. The van der Waals surface area contributed by atoms with Crippen LogP contribution in [-0.2, 0) is 4.79 Å². The minimum absolute atomic E-state index is 0.208. The van der Waals surface area contributed by atoms with Crippen molar-refractivity contribution in [2.45, 2.75) is 46.1 Å². The van der Waals surface area contributed by atoms with Gasteiger partial charge in [-0.1, -0.05) is 13.8 Å². The van der Waals surface area contributed by atoms with Crippen LogP contribution in [0.4, 0.5) is 0 Å². The van der Waals surface area contributed by atoms with E-state index in [0.29, 0.717) is 24.2 Å². The minimum atomic E-state index is 0.208. The van der Waals surface area contributed by atoms with Gasteiger partial charge in [0, 0.05) is 25.6 Å². The summed E-state index contributed by atoms with van der Waals surface area (Å²) in [5.74, 6) is 1.25. The van der Waals surface area contributed by atoms with Crippen LogP contribution in [-0.4, -0.2) is 29.9 Å². The topological polar surface area (TPSA) is 46.3 Å². The molecule has 0 aliphatic carbocycles. The lowest BCUT2D eigenvalue weighted by Gasteiger charge is -2.35. The van der Waals surface area contributed by atoms with Crippen LogP contribution >= 0.6 is 0 Å². The Hall–Kier alpha value is -0.570. The summed E-state index contributed by atoms with van der Waals surface area (Å²) in [6.45, 7) is 8.01. The minimum Gasteiger partial charge on any atom is -0.342 e. The number of likely N-dealkylation sites (tertiary alicyclic amines) is 1. The summed E-state index contributed by atoms with van der Waals surface area (Å²) in [7, 11) is 0. The van der Waals surface area contributed by atoms with Gasteiger partial charge in [0.1, 0.15) is 0 Å². The van der Waals surface area contributed by atoms with E-state index >= 15 is 0 Å². The molecule has 2 unspecified atom stereocenters. The monoisotopic (exact) mass is 212 g/mol. The Labute approximate surface area is 93.0 Å².